The highest BCUT2D eigenvalue weighted by atomic mass is 16.3. The summed E-state index contributed by atoms with van der Waals surface area (Å²) in [6.45, 7) is 15.1. The van der Waals surface area contributed by atoms with E-state index in [1.54, 1.807) is 42.5 Å². The number of aliphatic hydroxyl groups is 1. The van der Waals surface area contributed by atoms with E-state index in [9.17, 15) is 33.9 Å². The fourth-order valence-corrected chi connectivity index (χ4v) is 12.3. The van der Waals surface area contributed by atoms with E-state index in [-0.39, 0.29) is 47.9 Å². The third-order valence-corrected chi connectivity index (χ3v) is 16.1. The van der Waals surface area contributed by atoms with Crippen LogP contribution in [-0.4, -0.2) is 121 Å². The summed E-state index contributed by atoms with van der Waals surface area (Å²) in [5.74, 6) is -0.318. The van der Waals surface area contributed by atoms with E-state index in [0.29, 0.717) is 70.2 Å². The summed E-state index contributed by atoms with van der Waals surface area (Å²) in [7, 11) is 1.69. The second-order valence-electron chi connectivity index (χ2n) is 21.9. The number of hydrogen-bond acceptors (Lipinski definition) is 13. The van der Waals surface area contributed by atoms with E-state index < -0.39 is 29.7 Å². The minimum atomic E-state index is -0.988. The number of rotatable bonds is 11. The maximum Gasteiger partial charge on any atom is 0.276 e. The smallest absolute Gasteiger partial charge is 0.276 e. The Morgan fingerprint density at radius 3 is 2.34 bits per heavy atom. The van der Waals surface area contributed by atoms with Crippen molar-refractivity contribution < 1.29 is 29.1 Å². The molecule has 5 amide bonds. The van der Waals surface area contributed by atoms with Gasteiger partial charge in [-0.15, -0.1) is 0 Å². The first-order valence-electron chi connectivity index (χ1n) is 25.7. The Balaban J connectivity index is 0.718. The summed E-state index contributed by atoms with van der Waals surface area (Å²) < 4.78 is 3.67. The molecular weight excluding hydrogens is 927 g/mol. The van der Waals surface area contributed by atoms with Gasteiger partial charge in [0.15, 0.2) is 0 Å². The Morgan fingerprint density at radius 1 is 0.822 bits per heavy atom. The summed E-state index contributed by atoms with van der Waals surface area (Å²) in [6, 6.07) is 14.2. The van der Waals surface area contributed by atoms with Crippen molar-refractivity contribution in [1.82, 2.24) is 34.2 Å². The molecule has 380 valence electrons. The van der Waals surface area contributed by atoms with E-state index in [4.69, 9.17) is 4.98 Å². The first-order chi connectivity index (χ1) is 35.0. The maximum absolute atomic E-state index is 14.0. The fourth-order valence-electron chi connectivity index (χ4n) is 12.3. The molecule has 0 saturated carbocycles. The highest BCUT2D eigenvalue weighted by molar-refractivity contribution is 6.23. The summed E-state index contributed by atoms with van der Waals surface area (Å²) in [6.07, 6.45) is 9.32. The molecule has 3 fully saturated rings. The Morgan fingerprint density at radius 2 is 1.60 bits per heavy atom. The molecule has 0 spiro atoms. The average molecular weight is 990 g/mol. The number of piperazine rings is 1. The maximum atomic E-state index is 14.0. The van der Waals surface area contributed by atoms with Crippen LogP contribution in [0.2, 0.25) is 0 Å². The number of benzene rings is 1. The fraction of sp³-hybridized carbons (Fsp3) is 0.455. The Bertz CT molecular complexity index is 3130. The largest absolute Gasteiger partial charge is 0.392 e. The van der Waals surface area contributed by atoms with E-state index >= 15 is 0 Å². The van der Waals surface area contributed by atoms with Crippen LogP contribution in [0.15, 0.2) is 71.9 Å². The zero-order valence-electron chi connectivity index (χ0n) is 42.2. The topological polar surface area (TPSA) is 199 Å². The third kappa shape index (κ3) is 8.77. The molecule has 3 saturated heterocycles. The van der Waals surface area contributed by atoms with Gasteiger partial charge in [0.2, 0.25) is 11.8 Å². The van der Waals surface area contributed by atoms with Gasteiger partial charge in [-0.1, -0.05) is 27.7 Å². The van der Waals surface area contributed by atoms with Gasteiger partial charge in [0, 0.05) is 107 Å². The molecule has 1 unspecified atom stereocenters. The van der Waals surface area contributed by atoms with Crippen LogP contribution in [0, 0.1) is 17.3 Å². The number of aryl methyl sites for hydroxylation is 1. The number of carbonyl (C=O) groups is 5. The molecule has 6 aliphatic rings. The molecule has 5 aromatic rings. The van der Waals surface area contributed by atoms with Crippen molar-refractivity contribution in [2.24, 2.45) is 24.3 Å². The van der Waals surface area contributed by atoms with Crippen molar-refractivity contribution in [2.45, 2.75) is 91.5 Å². The van der Waals surface area contributed by atoms with Crippen molar-refractivity contribution in [3.8, 4) is 11.1 Å². The molecule has 1 aromatic carbocycles. The first kappa shape index (κ1) is 48.1. The predicted octanol–water partition coefficient (Wildman–Crippen LogP) is 5.13. The lowest BCUT2D eigenvalue weighted by Gasteiger charge is -2.46. The number of piperidine rings is 2. The predicted molar refractivity (Wildman–Crippen MR) is 276 cm³/mol. The Hall–Kier alpha value is -7.18. The number of aliphatic hydroxyl groups excluding tert-OH is 1. The monoisotopic (exact) mass is 989 g/mol. The molecular formula is C55H63N11O7. The molecule has 1 aliphatic carbocycles. The number of fused-ring (bicyclic) bond motifs is 4. The second kappa shape index (κ2) is 18.7. The molecule has 3 N–H and O–H groups in total. The van der Waals surface area contributed by atoms with Gasteiger partial charge < -0.3 is 29.4 Å². The highest BCUT2D eigenvalue weighted by Crippen LogP contribution is 2.41. The van der Waals surface area contributed by atoms with Crippen LogP contribution < -0.4 is 30.9 Å². The molecule has 2 atom stereocenters. The quantitative estimate of drug-likeness (QED) is 0.148. The van der Waals surface area contributed by atoms with Gasteiger partial charge in [0.05, 0.1) is 29.6 Å². The normalized spacial score (nSPS) is 21.3. The van der Waals surface area contributed by atoms with Gasteiger partial charge in [-0.25, -0.2) is 9.97 Å². The molecule has 11 rings (SSSR count). The zero-order valence-corrected chi connectivity index (χ0v) is 42.2. The van der Waals surface area contributed by atoms with E-state index in [1.807, 2.05) is 30.5 Å². The van der Waals surface area contributed by atoms with Crippen LogP contribution in [0.4, 0.5) is 28.7 Å². The molecule has 4 aromatic heterocycles. The van der Waals surface area contributed by atoms with Crippen molar-refractivity contribution in [1.29, 1.82) is 0 Å². The lowest BCUT2D eigenvalue weighted by atomic mass is 9.90. The highest BCUT2D eigenvalue weighted by Gasteiger charge is 2.45. The van der Waals surface area contributed by atoms with Crippen molar-refractivity contribution >= 4 is 58.2 Å². The number of hydrogen-bond donors (Lipinski definition) is 3. The second-order valence-corrected chi connectivity index (χ2v) is 21.9. The molecule has 18 heteroatoms. The van der Waals surface area contributed by atoms with Gasteiger partial charge in [-0.05, 0) is 109 Å². The molecule has 73 heavy (non-hydrogen) atoms. The minimum absolute atomic E-state index is 0.0816. The SMILES string of the molecule is CC(C)[C@H]1CN(CC2CCN(c3ccc4c(c3)C(=O)N(C3CCC(=O)NC3=O)C4=O)CC2)CCN1c1ccc(Nc2cc(-c3ccnc(N4CCn5c(cc6c5CC(C)(C)C6)C4=O)c3CO)cn(C)c2=O)nc1. The number of pyridine rings is 3. The number of carbonyl (C=O) groups excluding carboxylic acids is 5. The van der Waals surface area contributed by atoms with Gasteiger partial charge >= 0.3 is 0 Å². The van der Waals surface area contributed by atoms with Gasteiger partial charge in [-0.3, -0.25) is 48.8 Å². The summed E-state index contributed by atoms with van der Waals surface area (Å²) in [5.41, 5.74) is 7.75. The molecule has 0 radical (unpaired) electrons. The van der Waals surface area contributed by atoms with Gasteiger partial charge in [0.1, 0.15) is 29.1 Å². The minimum Gasteiger partial charge on any atom is -0.392 e. The van der Waals surface area contributed by atoms with Crippen LogP contribution in [0.25, 0.3) is 11.1 Å². The first-order valence-corrected chi connectivity index (χ1v) is 25.7. The van der Waals surface area contributed by atoms with Crippen LogP contribution in [0.1, 0.15) is 101 Å². The lowest BCUT2D eigenvalue weighted by molar-refractivity contribution is -0.136. The van der Waals surface area contributed by atoms with Crippen LogP contribution >= 0.6 is 0 Å². The standard InChI is InChI=1S/C55H63N11O7/c1-32(2)46-30-61(28-33-13-16-62(17-14-33)36-6-8-39-40(24-36)52(71)66(51(39)70)43-9-11-48(68)59-50(43)69)18-19-63(46)37-7-10-47(57-27-37)58-42-22-35(29-60(5)53(42)72)38-12-15-56-49(41(38)31-67)65-21-20-64-44(54(65)73)23-34-25-55(3,4)26-45(34)64/h6-8,10,12,15,22-24,27,29,32-33,43,46,67H,9,11,13-14,16-21,25-26,28,30-31H2,1-5H3,(H,57,58)(H,59,68,69)/t43?,46-/m1/s1. The van der Waals surface area contributed by atoms with Crippen LogP contribution in [0.5, 0.6) is 0 Å². The number of anilines is 5. The van der Waals surface area contributed by atoms with Crippen molar-refractivity contribution in [3.05, 3.63) is 111 Å². The van der Waals surface area contributed by atoms with Crippen LogP contribution in [-0.2, 0) is 42.6 Å². The Kier molecular flexibility index (Phi) is 12.3. The number of imide groups is 2. The molecule has 9 heterocycles. The summed E-state index contributed by atoms with van der Waals surface area (Å²) >= 11 is 0. The Labute approximate surface area is 424 Å². The van der Waals surface area contributed by atoms with Gasteiger partial charge in [0.25, 0.3) is 23.3 Å². The van der Waals surface area contributed by atoms with E-state index in [0.717, 1.165) is 81.2 Å². The zero-order chi connectivity index (χ0) is 51.0. The number of nitrogens with one attached hydrogen (secondary N) is 2. The van der Waals surface area contributed by atoms with Gasteiger partial charge in [-0.2, -0.15) is 0 Å². The van der Waals surface area contributed by atoms with Crippen molar-refractivity contribution in [3.63, 3.8) is 0 Å². The number of nitrogens with zero attached hydrogens (tertiary/aromatic N) is 9. The van der Waals surface area contributed by atoms with Crippen molar-refractivity contribution in [2.75, 3.05) is 65.8 Å². The number of amides is 5. The molecule has 0 bridgehead atoms. The summed E-state index contributed by atoms with van der Waals surface area (Å²) in [5, 5.41) is 16.4. The average Bonchev–Trinajstić information content (AvgIpc) is 3.96. The lowest BCUT2D eigenvalue weighted by Crippen LogP contribution is -2.56. The number of aromatic nitrogens is 4. The van der Waals surface area contributed by atoms with E-state index in [2.05, 4.69) is 68.6 Å². The van der Waals surface area contributed by atoms with Crippen LogP contribution in [0.3, 0.4) is 0 Å². The molecule has 18 nitrogen and oxygen atoms in total. The molecule has 5 aliphatic heterocycles. The van der Waals surface area contributed by atoms with E-state index in [1.165, 1.54) is 15.8 Å². The summed E-state index contributed by atoms with van der Waals surface area (Å²) in [4.78, 5) is 98.0. The third-order valence-electron chi connectivity index (χ3n) is 16.1.